The smallest absolute Gasteiger partial charge is 0.126 e. The van der Waals surface area contributed by atoms with Crippen LogP contribution in [0.25, 0.3) is 0 Å². The zero-order chi connectivity index (χ0) is 13.1. The number of nitrogens with two attached hydrogens (primary N) is 1. The molecule has 2 nitrogen and oxygen atoms in total. The minimum absolute atomic E-state index is 0.0313. The van der Waals surface area contributed by atoms with Crippen molar-refractivity contribution in [3.8, 4) is 0 Å². The Morgan fingerprint density at radius 3 is 2.65 bits per heavy atom. The van der Waals surface area contributed by atoms with Crippen molar-refractivity contribution in [2.75, 3.05) is 0 Å². The van der Waals surface area contributed by atoms with Gasteiger partial charge in [0, 0.05) is 10.5 Å². The van der Waals surface area contributed by atoms with Gasteiger partial charge in [-0.2, -0.15) is 0 Å². The molecule has 0 spiro atoms. The fourth-order valence-corrected chi connectivity index (χ4v) is 2.14. The summed E-state index contributed by atoms with van der Waals surface area (Å²) in [7, 11) is 0. The van der Waals surface area contributed by atoms with Gasteiger partial charge in [0.1, 0.15) is 5.82 Å². The molecule has 0 bridgehead atoms. The Kier molecular flexibility index (Phi) is 5.10. The lowest BCUT2D eigenvalue weighted by Crippen LogP contribution is -2.47. The van der Waals surface area contributed by atoms with Crippen LogP contribution in [0.15, 0.2) is 22.7 Å². The number of hydrazine groups is 1. The molecule has 0 amide bonds. The first-order valence-corrected chi connectivity index (χ1v) is 6.60. The maximum atomic E-state index is 13.7. The highest BCUT2D eigenvalue weighted by atomic mass is 79.9. The molecule has 1 aromatic carbocycles. The third kappa shape index (κ3) is 3.76. The molecule has 0 heterocycles. The van der Waals surface area contributed by atoms with E-state index < -0.39 is 0 Å². The van der Waals surface area contributed by atoms with E-state index in [-0.39, 0.29) is 17.3 Å². The number of benzene rings is 1. The molecule has 1 rings (SSSR count). The highest BCUT2D eigenvalue weighted by Gasteiger charge is 2.27. The van der Waals surface area contributed by atoms with Gasteiger partial charge >= 0.3 is 0 Å². The molecule has 0 aromatic heterocycles. The zero-order valence-corrected chi connectivity index (χ0v) is 12.1. The summed E-state index contributed by atoms with van der Waals surface area (Å²) < 4.78 is 14.6. The fraction of sp³-hybridized carbons (Fsp3) is 0.538. The van der Waals surface area contributed by atoms with Crippen LogP contribution in [-0.4, -0.2) is 6.04 Å². The second-order valence-corrected chi connectivity index (χ2v) is 5.92. The quantitative estimate of drug-likeness (QED) is 0.646. The van der Waals surface area contributed by atoms with Gasteiger partial charge in [0.15, 0.2) is 0 Å². The van der Waals surface area contributed by atoms with E-state index in [1.165, 1.54) is 6.07 Å². The molecule has 1 aromatic rings. The Balaban J connectivity index is 2.91. The van der Waals surface area contributed by atoms with Crippen LogP contribution in [-0.2, 0) is 6.42 Å². The third-order valence-corrected chi connectivity index (χ3v) is 3.98. The summed E-state index contributed by atoms with van der Waals surface area (Å²) in [6, 6.07) is 5.04. The molecule has 0 saturated heterocycles. The molecular formula is C13H20BrFN2. The van der Waals surface area contributed by atoms with Crippen LogP contribution < -0.4 is 11.3 Å². The van der Waals surface area contributed by atoms with Gasteiger partial charge in [-0.05, 0) is 42.0 Å². The van der Waals surface area contributed by atoms with Crippen molar-refractivity contribution < 1.29 is 4.39 Å². The van der Waals surface area contributed by atoms with Gasteiger partial charge in [-0.3, -0.25) is 11.3 Å². The molecule has 96 valence electrons. The lowest BCUT2D eigenvalue weighted by molar-refractivity contribution is 0.230. The predicted octanol–water partition coefficient (Wildman–Crippen LogP) is 3.40. The average molecular weight is 303 g/mol. The maximum absolute atomic E-state index is 13.7. The van der Waals surface area contributed by atoms with Gasteiger partial charge in [0.25, 0.3) is 0 Å². The molecule has 4 heteroatoms. The number of nitrogens with one attached hydrogen (secondary N) is 1. The molecule has 0 aliphatic heterocycles. The molecule has 0 aliphatic carbocycles. The normalized spacial score (nSPS) is 13.8. The largest absolute Gasteiger partial charge is 0.271 e. The molecule has 0 radical (unpaired) electrons. The summed E-state index contributed by atoms with van der Waals surface area (Å²) in [6.07, 6.45) is 1.57. The van der Waals surface area contributed by atoms with Gasteiger partial charge in [0.05, 0.1) is 0 Å². The Morgan fingerprint density at radius 2 is 2.12 bits per heavy atom. The Labute approximate surface area is 111 Å². The number of hydrogen-bond donors (Lipinski definition) is 2. The number of hydrogen-bond acceptors (Lipinski definition) is 2. The van der Waals surface area contributed by atoms with Crippen LogP contribution in [0.2, 0.25) is 0 Å². The van der Waals surface area contributed by atoms with Crippen LogP contribution in [0, 0.1) is 11.2 Å². The van der Waals surface area contributed by atoms with E-state index in [0.717, 1.165) is 10.9 Å². The minimum Gasteiger partial charge on any atom is -0.271 e. The van der Waals surface area contributed by atoms with Crippen molar-refractivity contribution >= 4 is 15.9 Å². The summed E-state index contributed by atoms with van der Waals surface area (Å²) in [4.78, 5) is 0. The highest BCUT2D eigenvalue weighted by Crippen LogP contribution is 2.28. The van der Waals surface area contributed by atoms with Crippen LogP contribution in [0.1, 0.15) is 32.8 Å². The summed E-state index contributed by atoms with van der Waals surface area (Å²) in [5, 5.41) is 0. The Hall–Kier alpha value is -0.450. The SMILES string of the molecule is CCC(C)(C)C(Cc1cc(Br)ccc1F)NN. The van der Waals surface area contributed by atoms with E-state index in [1.807, 2.05) is 6.07 Å². The van der Waals surface area contributed by atoms with E-state index >= 15 is 0 Å². The summed E-state index contributed by atoms with van der Waals surface area (Å²) in [6.45, 7) is 6.38. The van der Waals surface area contributed by atoms with Crippen molar-refractivity contribution in [1.82, 2.24) is 5.43 Å². The lowest BCUT2D eigenvalue weighted by atomic mass is 9.79. The van der Waals surface area contributed by atoms with E-state index in [2.05, 4.69) is 42.1 Å². The van der Waals surface area contributed by atoms with Crippen LogP contribution in [0.5, 0.6) is 0 Å². The minimum atomic E-state index is -0.180. The molecule has 0 saturated carbocycles. The maximum Gasteiger partial charge on any atom is 0.126 e. The van der Waals surface area contributed by atoms with Gasteiger partial charge in [-0.15, -0.1) is 0 Å². The predicted molar refractivity (Wildman–Crippen MR) is 73.0 cm³/mol. The highest BCUT2D eigenvalue weighted by molar-refractivity contribution is 9.10. The van der Waals surface area contributed by atoms with E-state index in [1.54, 1.807) is 6.07 Å². The molecule has 0 aliphatic rings. The fourth-order valence-electron chi connectivity index (χ4n) is 1.73. The van der Waals surface area contributed by atoms with Crippen molar-refractivity contribution in [3.63, 3.8) is 0 Å². The van der Waals surface area contributed by atoms with Gasteiger partial charge in [-0.1, -0.05) is 36.7 Å². The van der Waals surface area contributed by atoms with Gasteiger partial charge in [-0.25, -0.2) is 4.39 Å². The summed E-state index contributed by atoms with van der Waals surface area (Å²) in [5.74, 6) is 5.41. The van der Waals surface area contributed by atoms with E-state index in [9.17, 15) is 4.39 Å². The summed E-state index contributed by atoms with van der Waals surface area (Å²) >= 11 is 3.36. The number of halogens is 2. The molecule has 1 unspecified atom stereocenters. The molecule has 1 atom stereocenters. The first-order valence-electron chi connectivity index (χ1n) is 5.80. The lowest BCUT2D eigenvalue weighted by Gasteiger charge is -2.33. The van der Waals surface area contributed by atoms with E-state index in [0.29, 0.717) is 12.0 Å². The zero-order valence-electron chi connectivity index (χ0n) is 10.6. The van der Waals surface area contributed by atoms with Gasteiger partial charge < -0.3 is 0 Å². The average Bonchev–Trinajstić information content (AvgIpc) is 2.30. The monoisotopic (exact) mass is 302 g/mol. The second kappa shape index (κ2) is 5.94. The molecular weight excluding hydrogens is 283 g/mol. The molecule has 0 fully saturated rings. The second-order valence-electron chi connectivity index (χ2n) is 5.00. The standard InChI is InChI=1S/C13H20BrFN2/c1-4-13(2,3)12(17-16)8-9-7-10(14)5-6-11(9)15/h5-7,12,17H,4,8,16H2,1-3H3. The van der Waals surface area contributed by atoms with Crippen LogP contribution in [0.4, 0.5) is 4.39 Å². The molecule has 3 N–H and O–H groups in total. The Bertz CT molecular complexity index is 380. The first kappa shape index (κ1) is 14.6. The van der Waals surface area contributed by atoms with Crippen molar-refractivity contribution in [3.05, 3.63) is 34.1 Å². The van der Waals surface area contributed by atoms with Gasteiger partial charge in [0.2, 0.25) is 0 Å². The first-order chi connectivity index (χ1) is 7.90. The number of rotatable bonds is 5. The summed E-state index contributed by atoms with van der Waals surface area (Å²) in [5.41, 5.74) is 3.52. The Morgan fingerprint density at radius 1 is 1.47 bits per heavy atom. The van der Waals surface area contributed by atoms with Crippen molar-refractivity contribution in [1.29, 1.82) is 0 Å². The third-order valence-electron chi connectivity index (χ3n) is 3.49. The topological polar surface area (TPSA) is 38.0 Å². The van der Waals surface area contributed by atoms with Crippen LogP contribution in [0.3, 0.4) is 0 Å². The van der Waals surface area contributed by atoms with E-state index in [4.69, 9.17) is 5.84 Å². The van der Waals surface area contributed by atoms with Crippen molar-refractivity contribution in [2.24, 2.45) is 11.3 Å². The van der Waals surface area contributed by atoms with Crippen LogP contribution >= 0.6 is 15.9 Å². The molecule has 17 heavy (non-hydrogen) atoms. The van der Waals surface area contributed by atoms with Crippen molar-refractivity contribution in [2.45, 2.75) is 39.7 Å².